The number of guanidine groups is 1. The first-order valence-electron chi connectivity index (χ1n) is 9.73. The maximum atomic E-state index is 4.92. The molecule has 0 saturated carbocycles. The van der Waals surface area contributed by atoms with Crippen LogP contribution in [0.4, 0.5) is 0 Å². The Bertz CT molecular complexity index is 872. The van der Waals surface area contributed by atoms with E-state index in [0.29, 0.717) is 0 Å². The van der Waals surface area contributed by atoms with Crippen molar-refractivity contribution in [3.63, 3.8) is 0 Å². The number of para-hydroxylation sites is 1. The topological polar surface area (TPSA) is 69.8 Å². The molecule has 9 heteroatoms. The van der Waals surface area contributed by atoms with Crippen LogP contribution in [-0.4, -0.2) is 65.7 Å². The van der Waals surface area contributed by atoms with Gasteiger partial charge in [-0.05, 0) is 18.6 Å². The third-order valence-corrected chi connectivity index (χ3v) is 6.05. The molecule has 1 N–H and O–H groups in total. The summed E-state index contributed by atoms with van der Waals surface area (Å²) in [5.74, 6) is 0.991. The van der Waals surface area contributed by atoms with Crippen LogP contribution in [0.2, 0.25) is 0 Å². The predicted molar refractivity (Wildman–Crippen MR) is 128 cm³/mol. The summed E-state index contributed by atoms with van der Waals surface area (Å²) in [6.07, 6.45) is 3.67. The number of rotatable bonds is 6. The standard InChI is InChI=1S/C20H26N6OS.HI/c1-21-20(26-12-10-25(11-13-26)15-16-8-14-27-24-16)22-9-4-7-19-23-17-5-2-3-6-18(17)28-19;/h2-3,5-6,8,14H,4,7,9-13,15H2,1H3,(H,21,22);1H. The van der Waals surface area contributed by atoms with Gasteiger partial charge in [-0.2, -0.15) is 0 Å². The van der Waals surface area contributed by atoms with Gasteiger partial charge in [0, 0.05) is 58.8 Å². The lowest BCUT2D eigenvalue weighted by Gasteiger charge is -2.36. The SMILES string of the molecule is CN=C(NCCCc1nc2ccccc2s1)N1CCN(Cc2ccon2)CC1.I. The van der Waals surface area contributed by atoms with E-state index in [0.717, 1.165) is 69.3 Å². The number of thiazole rings is 1. The number of hydrogen-bond donors (Lipinski definition) is 1. The largest absolute Gasteiger partial charge is 0.364 e. The molecule has 0 atom stereocenters. The van der Waals surface area contributed by atoms with Gasteiger partial charge >= 0.3 is 0 Å². The second-order valence-corrected chi connectivity index (χ2v) is 8.02. The minimum Gasteiger partial charge on any atom is -0.364 e. The molecular weight excluding hydrogens is 499 g/mol. The molecule has 7 nitrogen and oxygen atoms in total. The van der Waals surface area contributed by atoms with Gasteiger partial charge in [-0.15, -0.1) is 35.3 Å². The summed E-state index contributed by atoms with van der Waals surface area (Å²) in [6, 6.07) is 10.3. The number of aromatic nitrogens is 2. The highest BCUT2D eigenvalue weighted by atomic mass is 127. The van der Waals surface area contributed by atoms with Gasteiger partial charge in [-0.25, -0.2) is 4.98 Å². The zero-order chi connectivity index (χ0) is 19.2. The van der Waals surface area contributed by atoms with Crippen LogP contribution in [0, 0.1) is 0 Å². The van der Waals surface area contributed by atoms with Crippen LogP contribution >= 0.6 is 35.3 Å². The van der Waals surface area contributed by atoms with Crippen LogP contribution in [0.25, 0.3) is 10.2 Å². The Hall–Kier alpha value is -1.72. The number of halogens is 1. The van der Waals surface area contributed by atoms with E-state index >= 15 is 0 Å². The Morgan fingerprint density at radius 3 is 2.76 bits per heavy atom. The van der Waals surface area contributed by atoms with Gasteiger partial charge in [0.05, 0.1) is 20.9 Å². The van der Waals surface area contributed by atoms with Crippen LogP contribution in [0.15, 0.2) is 46.1 Å². The first-order valence-corrected chi connectivity index (χ1v) is 10.5. The summed E-state index contributed by atoms with van der Waals surface area (Å²) in [5, 5.41) is 8.72. The van der Waals surface area contributed by atoms with Gasteiger partial charge in [0.15, 0.2) is 5.96 Å². The Labute approximate surface area is 192 Å². The monoisotopic (exact) mass is 526 g/mol. The van der Waals surface area contributed by atoms with E-state index in [4.69, 9.17) is 9.51 Å². The summed E-state index contributed by atoms with van der Waals surface area (Å²) in [6.45, 7) is 5.68. The number of aryl methyl sites for hydroxylation is 1. The number of benzene rings is 1. The van der Waals surface area contributed by atoms with Crippen LogP contribution in [0.1, 0.15) is 17.1 Å². The van der Waals surface area contributed by atoms with Gasteiger partial charge < -0.3 is 14.7 Å². The summed E-state index contributed by atoms with van der Waals surface area (Å²) < 4.78 is 6.19. The van der Waals surface area contributed by atoms with Crippen molar-refractivity contribution in [2.24, 2.45) is 4.99 Å². The maximum Gasteiger partial charge on any atom is 0.193 e. The Morgan fingerprint density at radius 1 is 1.21 bits per heavy atom. The van der Waals surface area contributed by atoms with E-state index in [2.05, 4.69) is 43.5 Å². The van der Waals surface area contributed by atoms with Crippen LogP contribution < -0.4 is 5.32 Å². The number of nitrogens with zero attached hydrogens (tertiary/aromatic N) is 5. The van der Waals surface area contributed by atoms with Crippen molar-refractivity contribution in [3.05, 3.63) is 47.3 Å². The van der Waals surface area contributed by atoms with Crippen LogP contribution in [-0.2, 0) is 13.0 Å². The Kier molecular flexibility index (Phi) is 8.25. The smallest absolute Gasteiger partial charge is 0.193 e. The van der Waals surface area contributed by atoms with E-state index < -0.39 is 0 Å². The minimum absolute atomic E-state index is 0. The fraction of sp³-hybridized carbons (Fsp3) is 0.450. The second kappa shape index (κ2) is 10.9. The molecule has 3 aromatic rings. The number of piperazine rings is 1. The first-order chi connectivity index (χ1) is 13.8. The fourth-order valence-electron chi connectivity index (χ4n) is 3.46. The highest BCUT2D eigenvalue weighted by molar-refractivity contribution is 14.0. The summed E-state index contributed by atoms with van der Waals surface area (Å²) in [5.41, 5.74) is 2.10. The number of nitrogens with one attached hydrogen (secondary N) is 1. The van der Waals surface area contributed by atoms with E-state index in [-0.39, 0.29) is 24.0 Å². The summed E-state index contributed by atoms with van der Waals surface area (Å²) in [7, 11) is 1.86. The summed E-state index contributed by atoms with van der Waals surface area (Å²) >= 11 is 1.79. The predicted octanol–water partition coefficient (Wildman–Crippen LogP) is 3.23. The lowest BCUT2D eigenvalue weighted by Crippen LogP contribution is -2.52. The van der Waals surface area contributed by atoms with Crippen molar-refractivity contribution < 1.29 is 4.52 Å². The van der Waals surface area contributed by atoms with Crippen molar-refractivity contribution in [2.45, 2.75) is 19.4 Å². The van der Waals surface area contributed by atoms with E-state index in [1.54, 1.807) is 17.6 Å². The molecule has 2 aromatic heterocycles. The highest BCUT2D eigenvalue weighted by Crippen LogP contribution is 2.22. The molecule has 1 aliphatic rings. The molecule has 1 saturated heterocycles. The zero-order valence-corrected chi connectivity index (χ0v) is 19.7. The molecule has 0 aliphatic carbocycles. The van der Waals surface area contributed by atoms with Gasteiger partial charge in [0.2, 0.25) is 0 Å². The molecule has 0 spiro atoms. The third kappa shape index (κ3) is 5.89. The molecule has 156 valence electrons. The average Bonchev–Trinajstić information content (AvgIpc) is 3.38. The zero-order valence-electron chi connectivity index (χ0n) is 16.6. The van der Waals surface area contributed by atoms with Crippen LogP contribution in [0.5, 0.6) is 0 Å². The minimum atomic E-state index is 0. The van der Waals surface area contributed by atoms with E-state index in [9.17, 15) is 0 Å². The second-order valence-electron chi connectivity index (χ2n) is 6.91. The van der Waals surface area contributed by atoms with E-state index in [1.807, 2.05) is 19.2 Å². The van der Waals surface area contributed by atoms with Crippen molar-refractivity contribution in [1.82, 2.24) is 25.3 Å². The van der Waals surface area contributed by atoms with Gasteiger partial charge in [-0.3, -0.25) is 9.89 Å². The molecule has 3 heterocycles. The number of hydrogen-bond acceptors (Lipinski definition) is 6. The molecule has 0 amide bonds. The van der Waals surface area contributed by atoms with Crippen molar-refractivity contribution in [1.29, 1.82) is 0 Å². The van der Waals surface area contributed by atoms with Gasteiger partial charge in [0.1, 0.15) is 6.26 Å². The number of fused-ring (bicyclic) bond motifs is 1. The average molecular weight is 526 g/mol. The van der Waals surface area contributed by atoms with Crippen molar-refractivity contribution >= 4 is 51.5 Å². The van der Waals surface area contributed by atoms with Crippen molar-refractivity contribution in [2.75, 3.05) is 39.8 Å². The lowest BCUT2D eigenvalue weighted by atomic mass is 10.3. The number of aliphatic imine (C=N–C) groups is 1. The normalized spacial score (nSPS) is 15.5. The van der Waals surface area contributed by atoms with Crippen LogP contribution in [0.3, 0.4) is 0 Å². The molecule has 0 unspecified atom stereocenters. The highest BCUT2D eigenvalue weighted by Gasteiger charge is 2.20. The van der Waals surface area contributed by atoms with E-state index in [1.165, 1.54) is 9.71 Å². The molecular formula is C20H27IN6OS. The summed E-state index contributed by atoms with van der Waals surface area (Å²) in [4.78, 5) is 13.9. The third-order valence-electron chi connectivity index (χ3n) is 4.95. The molecule has 1 aliphatic heterocycles. The molecule has 1 fully saturated rings. The lowest BCUT2D eigenvalue weighted by molar-refractivity contribution is 0.169. The van der Waals surface area contributed by atoms with Gasteiger partial charge in [-0.1, -0.05) is 17.3 Å². The Morgan fingerprint density at radius 2 is 2.03 bits per heavy atom. The first kappa shape index (κ1) is 22.0. The molecule has 29 heavy (non-hydrogen) atoms. The molecule has 4 rings (SSSR count). The maximum absolute atomic E-state index is 4.92. The van der Waals surface area contributed by atoms with Gasteiger partial charge in [0.25, 0.3) is 0 Å². The Balaban J connectivity index is 0.00000240. The molecule has 0 bridgehead atoms. The fourth-order valence-corrected chi connectivity index (χ4v) is 4.47. The molecule has 0 radical (unpaired) electrons. The quantitative estimate of drug-likeness (QED) is 0.230. The molecule has 1 aromatic carbocycles. The van der Waals surface area contributed by atoms with Crippen molar-refractivity contribution in [3.8, 4) is 0 Å².